The molecule has 1 aromatic rings. The third-order valence-electron chi connectivity index (χ3n) is 5.02. The van der Waals surface area contributed by atoms with Gasteiger partial charge >= 0.3 is 0 Å². The molecule has 0 bridgehead atoms. The number of ether oxygens (including phenoxy) is 2. The lowest BCUT2D eigenvalue weighted by Gasteiger charge is -2.32. The Hall–Kier alpha value is -1.85. The Bertz CT molecular complexity index is 689. The highest BCUT2D eigenvalue weighted by Crippen LogP contribution is 2.39. The second kappa shape index (κ2) is 7.80. The van der Waals surface area contributed by atoms with Crippen LogP contribution in [0.4, 0.5) is 0 Å². The molecule has 3 rings (SSSR count). The summed E-state index contributed by atoms with van der Waals surface area (Å²) < 4.78 is 12.1. The molecule has 5 nitrogen and oxygen atoms in total. The van der Waals surface area contributed by atoms with Gasteiger partial charge in [0.1, 0.15) is 17.1 Å². The number of fused-ring (bicyclic) bond motifs is 1. The van der Waals surface area contributed by atoms with E-state index in [9.17, 15) is 4.79 Å². The van der Waals surface area contributed by atoms with Crippen molar-refractivity contribution in [1.82, 2.24) is 9.80 Å². The van der Waals surface area contributed by atoms with Crippen LogP contribution in [0.1, 0.15) is 43.1 Å². The summed E-state index contributed by atoms with van der Waals surface area (Å²) in [5.41, 5.74) is 1.15. The molecule has 2 aliphatic heterocycles. The minimum Gasteiger partial charge on any atom is -0.492 e. The molecule has 0 amide bonds. The maximum Gasteiger partial charge on any atom is 0.163 e. The fraction of sp³-hybridized carbons (Fsp3) is 0.571. The number of hydrogen-bond donors (Lipinski definition) is 0. The summed E-state index contributed by atoms with van der Waals surface area (Å²) in [5.74, 6) is 1.44. The van der Waals surface area contributed by atoms with Crippen LogP contribution < -0.4 is 9.47 Å². The van der Waals surface area contributed by atoms with Crippen molar-refractivity contribution in [2.45, 2.75) is 32.8 Å². The monoisotopic (exact) mass is 358 g/mol. The average molecular weight is 358 g/mol. The number of benzene rings is 1. The first-order chi connectivity index (χ1) is 12.4. The van der Waals surface area contributed by atoms with Crippen molar-refractivity contribution in [1.29, 1.82) is 0 Å². The number of Topliss-reactive ketones (excluding diaryl/α,β-unsaturated/α-hetero) is 1. The molecule has 5 heteroatoms. The van der Waals surface area contributed by atoms with Crippen molar-refractivity contribution >= 4 is 11.9 Å². The van der Waals surface area contributed by atoms with E-state index in [1.165, 1.54) is 0 Å². The standard InChI is InChI=1S/C21H30N2O3/c1-16(24)17-6-7-19-18(8-9-21(2,3)26-19)20(17)25-15-5-10-23-13-11-22(4)12-14-23/h6-9H,5,10-15H2,1-4H3. The number of hydrogen-bond acceptors (Lipinski definition) is 5. The van der Waals surface area contributed by atoms with Crippen LogP contribution in [-0.2, 0) is 0 Å². The highest BCUT2D eigenvalue weighted by atomic mass is 16.5. The molecule has 0 N–H and O–H groups in total. The molecule has 0 saturated carbocycles. The number of ketones is 1. The maximum absolute atomic E-state index is 12.0. The zero-order chi connectivity index (χ0) is 18.7. The fourth-order valence-electron chi connectivity index (χ4n) is 3.40. The van der Waals surface area contributed by atoms with E-state index in [1.54, 1.807) is 6.92 Å². The summed E-state index contributed by atoms with van der Waals surface area (Å²) in [6.45, 7) is 11.7. The van der Waals surface area contributed by atoms with Gasteiger partial charge < -0.3 is 19.3 Å². The Morgan fingerprint density at radius 1 is 1.23 bits per heavy atom. The SMILES string of the molecule is CC(=O)c1ccc2c(c1OCCCN1CCN(C)CC1)C=CC(C)(C)O2. The summed E-state index contributed by atoms with van der Waals surface area (Å²) in [6.07, 6.45) is 4.97. The van der Waals surface area contributed by atoms with E-state index in [0.29, 0.717) is 17.9 Å². The smallest absolute Gasteiger partial charge is 0.163 e. The summed E-state index contributed by atoms with van der Waals surface area (Å²) in [7, 11) is 2.17. The molecule has 2 aliphatic rings. The summed E-state index contributed by atoms with van der Waals surface area (Å²) in [6, 6.07) is 3.68. The van der Waals surface area contributed by atoms with Crippen LogP contribution in [0.15, 0.2) is 18.2 Å². The molecule has 1 fully saturated rings. The Morgan fingerprint density at radius 3 is 2.65 bits per heavy atom. The van der Waals surface area contributed by atoms with Crippen LogP contribution in [0, 0.1) is 0 Å². The molecule has 0 aliphatic carbocycles. The zero-order valence-corrected chi connectivity index (χ0v) is 16.4. The van der Waals surface area contributed by atoms with Crippen LogP contribution >= 0.6 is 0 Å². The Balaban J connectivity index is 1.65. The number of carbonyl (C=O) groups excluding carboxylic acids is 1. The van der Waals surface area contributed by atoms with Gasteiger partial charge in [-0.3, -0.25) is 4.79 Å². The number of likely N-dealkylation sites (N-methyl/N-ethyl adjacent to an activating group) is 1. The van der Waals surface area contributed by atoms with Gasteiger partial charge in [0.05, 0.1) is 17.7 Å². The predicted molar refractivity (Wildman–Crippen MR) is 104 cm³/mol. The molecule has 142 valence electrons. The number of rotatable bonds is 6. The molecule has 2 heterocycles. The van der Waals surface area contributed by atoms with Crippen molar-refractivity contribution in [2.24, 2.45) is 0 Å². The second-order valence-electron chi connectivity index (χ2n) is 7.80. The van der Waals surface area contributed by atoms with Gasteiger partial charge in [-0.25, -0.2) is 0 Å². The lowest BCUT2D eigenvalue weighted by molar-refractivity contribution is 0.101. The zero-order valence-electron chi connectivity index (χ0n) is 16.4. The van der Waals surface area contributed by atoms with E-state index in [4.69, 9.17) is 9.47 Å². The number of carbonyl (C=O) groups is 1. The van der Waals surface area contributed by atoms with Gasteiger partial charge in [-0.05, 0) is 58.5 Å². The normalized spacial score (nSPS) is 19.7. The van der Waals surface area contributed by atoms with Crippen LogP contribution in [0.3, 0.4) is 0 Å². The van der Waals surface area contributed by atoms with Crippen LogP contribution in [0.25, 0.3) is 6.08 Å². The molecule has 0 radical (unpaired) electrons. The molecule has 1 aromatic carbocycles. The van der Waals surface area contributed by atoms with Gasteiger partial charge in [0, 0.05) is 32.7 Å². The fourth-order valence-corrected chi connectivity index (χ4v) is 3.40. The van der Waals surface area contributed by atoms with Gasteiger partial charge in [-0.1, -0.05) is 0 Å². The Morgan fingerprint density at radius 2 is 1.96 bits per heavy atom. The lowest BCUT2D eigenvalue weighted by atomic mass is 9.98. The number of piperazine rings is 1. The minimum absolute atomic E-state index is 0.0140. The highest BCUT2D eigenvalue weighted by molar-refractivity contribution is 5.98. The lowest BCUT2D eigenvalue weighted by Crippen LogP contribution is -2.44. The summed E-state index contributed by atoms with van der Waals surface area (Å²) >= 11 is 0. The van der Waals surface area contributed by atoms with Gasteiger partial charge in [0.25, 0.3) is 0 Å². The quantitative estimate of drug-likeness (QED) is 0.577. The molecule has 26 heavy (non-hydrogen) atoms. The average Bonchev–Trinajstić information content (AvgIpc) is 2.58. The summed E-state index contributed by atoms with van der Waals surface area (Å²) in [4.78, 5) is 16.9. The molecule has 0 unspecified atom stereocenters. The molecular weight excluding hydrogens is 328 g/mol. The molecular formula is C21H30N2O3. The Kier molecular flexibility index (Phi) is 5.68. The van der Waals surface area contributed by atoms with Crippen molar-refractivity contribution in [3.8, 4) is 11.5 Å². The van der Waals surface area contributed by atoms with E-state index < -0.39 is 0 Å². The number of nitrogens with zero attached hydrogens (tertiary/aromatic N) is 2. The minimum atomic E-state index is -0.344. The first-order valence-electron chi connectivity index (χ1n) is 9.45. The molecule has 0 spiro atoms. The molecule has 1 saturated heterocycles. The Labute approximate surface area is 156 Å². The predicted octanol–water partition coefficient (Wildman–Crippen LogP) is 3.09. The summed E-state index contributed by atoms with van der Waals surface area (Å²) in [5, 5.41) is 0. The van der Waals surface area contributed by atoms with Gasteiger partial charge in [0.2, 0.25) is 0 Å². The van der Waals surface area contributed by atoms with Crippen molar-refractivity contribution in [3.63, 3.8) is 0 Å². The third-order valence-corrected chi connectivity index (χ3v) is 5.02. The highest BCUT2D eigenvalue weighted by Gasteiger charge is 2.26. The topological polar surface area (TPSA) is 42.0 Å². The van der Waals surface area contributed by atoms with Crippen molar-refractivity contribution < 1.29 is 14.3 Å². The van der Waals surface area contributed by atoms with Crippen LogP contribution in [0.2, 0.25) is 0 Å². The van der Waals surface area contributed by atoms with Crippen molar-refractivity contribution in [3.05, 3.63) is 29.3 Å². The van der Waals surface area contributed by atoms with Gasteiger partial charge in [-0.2, -0.15) is 0 Å². The molecule has 0 aromatic heterocycles. The first kappa shape index (κ1) is 18.9. The maximum atomic E-state index is 12.0. The second-order valence-corrected chi connectivity index (χ2v) is 7.80. The van der Waals surface area contributed by atoms with Crippen molar-refractivity contribution in [2.75, 3.05) is 46.4 Å². The largest absolute Gasteiger partial charge is 0.492 e. The van der Waals surface area contributed by atoms with E-state index >= 15 is 0 Å². The van der Waals surface area contributed by atoms with Crippen LogP contribution in [0.5, 0.6) is 11.5 Å². The van der Waals surface area contributed by atoms with Gasteiger partial charge in [-0.15, -0.1) is 0 Å². The van der Waals surface area contributed by atoms with E-state index in [-0.39, 0.29) is 11.4 Å². The van der Waals surface area contributed by atoms with E-state index in [1.807, 2.05) is 38.1 Å². The van der Waals surface area contributed by atoms with E-state index in [0.717, 1.165) is 50.5 Å². The van der Waals surface area contributed by atoms with E-state index in [2.05, 4.69) is 16.8 Å². The molecule has 0 atom stereocenters. The van der Waals surface area contributed by atoms with Gasteiger partial charge in [0.15, 0.2) is 5.78 Å². The first-order valence-corrected chi connectivity index (χ1v) is 9.45. The third kappa shape index (κ3) is 4.46. The van der Waals surface area contributed by atoms with Crippen LogP contribution in [-0.4, -0.2) is 67.6 Å².